The number of rotatable bonds is 6. The number of hydrogen-bond donors (Lipinski definition) is 0. The van der Waals surface area contributed by atoms with Crippen molar-refractivity contribution in [2.45, 2.75) is 6.92 Å². The summed E-state index contributed by atoms with van der Waals surface area (Å²) < 4.78 is 6.20. The van der Waals surface area contributed by atoms with E-state index >= 15 is 0 Å². The van der Waals surface area contributed by atoms with Crippen LogP contribution in [0.3, 0.4) is 0 Å². The molecule has 134 valence electrons. The van der Waals surface area contributed by atoms with Crippen LogP contribution in [0.25, 0.3) is 23.4 Å². The van der Waals surface area contributed by atoms with E-state index in [1.54, 1.807) is 6.08 Å². The molecule has 0 amide bonds. The Morgan fingerprint density at radius 3 is 2.56 bits per heavy atom. The number of halogens is 1. The van der Waals surface area contributed by atoms with Crippen molar-refractivity contribution in [2.24, 2.45) is 0 Å². The summed E-state index contributed by atoms with van der Waals surface area (Å²) in [6.45, 7) is 2.61. The van der Waals surface area contributed by atoms with Crippen molar-refractivity contribution in [1.29, 1.82) is 5.26 Å². The molecule has 0 saturated carbocycles. The van der Waals surface area contributed by atoms with Gasteiger partial charge in [0.2, 0.25) is 0 Å². The van der Waals surface area contributed by atoms with Crippen LogP contribution in [-0.2, 0) is 0 Å². The molecule has 0 aliphatic rings. The normalized spacial score (nSPS) is 11.9. The van der Waals surface area contributed by atoms with Gasteiger partial charge in [0, 0.05) is 15.4 Å². The minimum absolute atomic E-state index is 0.534. The zero-order chi connectivity index (χ0) is 19.1. The maximum atomic E-state index is 9.51. The van der Waals surface area contributed by atoms with E-state index in [0.717, 1.165) is 32.1 Å². The van der Waals surface area contributed by atoms with E-state index in [2.05, 4.69) is 27.0 Å². The van der Waals surface area contributed by atoms with E-state index in [1.807, 2.05) is 73.0 Å². The van der Waals surface area contributed by atoms with Gasteiger partial charge in [-0.15, -0.1) is 11.3 Å². The van der Waals surface area contributed by atoms with E-state index in [9.17, 15) is 5.26 Å². The first-order valence-corrected chi connectivity index (χ1v) is 10.1. The summed E-state index contributed by atoms with van der Waals surface area (Å²) in [4.78, 5) is 4.64. The third-order valence-corrected chi connectivity index (χ3v) is 5.17. The number of aromatic nitrogens is 1. The van der Waals surface area contributed by atoms with Gasteiger partial charge in [0.05, 0.1) is 17.9 Å². The number of allylic oxidation sites excluding steroid dienone is 2. The molecule has 27 heavy (non-hydrogen) atoms. The Morgan fingerprint density at radius 2 is 1.89 bits per heavy atom. The predicted octanol–water partition coefficient (Wildman–Crippen LogP) is 6.55. The number of benzene rings is 2. The van der Waals surface area contributed by atoms with Gasteiger partial charge >= 0.3 is 0 Å². The highest BCUT2D eigenvalue weighted by molar-refractivity contribution is 9.12. The Balaban J connectivity index is 1.82. The minimum Gasteiger partial charge on any atom is -0.494 e. The van der Waals surface area contributed by atoms with Crippen LogP contribution in [-0.4, -0.2) is 11.6 Å². The summed E-state index contributed by atoms with van der Waals surface area (Å²) in [7, 11) is 0. The SMILES string of the molecule is CCOc1ccc(-c2csc(C=C(C#N)C(Br)=Cc3ccccc3)n2)cc1. The van der Waals surface area contributed by atoms with Gasteiger partial charge in [0.1, 0.15) is 16.8 Å². The van der Waals surface area contributed by atoms with Gasteiger partial charge in [-0.3, -0.25) is 0 Å². The van der Waals surface area contributed by atoms with Crippen molar-refractivity contribution < 1.29 is 4.74 Å². The van der Waals surface area contributed by atoms with E-state index in [0.29, 0.717) is 12.2 Å². The molecule has 1 heterocycles. The molecule has 3 aromatic rings. The second-order valence-electron chi connectivity index (χ2n) is 5.60. The third-order valence-electron chi connectivity index (χ3n) is 3.72. The van der Waals surface area contributed by atoms with Crippen LogP contribution in [0.1, 0.15) is 17.5 Å². The van der Waals surface area contributed by atoms with Crippen LogP contribution in [0.15, 0.2) is 70.0 Å². The van der Waals surface area contributed by atoms with E-state index < -0.39 is 0 Å². The lowest BCUT2D eigenvalue weighted by Crippen LogP contribution is -1.90. The zero-order valence-electron chi connectivity index (χ0n) is 14.7. The van der Waals surface area contributed by atoms with Crippen molar-refractivity contribution >= 4 is 39.4 Å². The molecular formula is C22H17BrN2OS. The number of ether oxygens (including phenoxy) is 1. The molecule has 0 radical (unpaired) electrons. The quantitative estimate of drug-likeness (QED) is 0.324. The van der Waals surface area contributed by atoms with Crippen molar-refractivity contribution in [3.63, 3.8) is 0 Å². The molecule has 0 N–H and O–H groups in total. The van der Waals surface area contributed by atoms with E-state index in [-0.39, 0.29) is 0 Å². The monoisotopic (exact) mass is 436 g/mol. The van der Waals surface area contributed by atoms with Crippen molar-refractivity contribution in [2.75, 3.05) is 6.61 Å². The highest BCUT2D eigenvalue weighted by Gasteiger charge is 2.07. The molecular weight excluding hydrogens is 420 g/mol. The van der Waals surface area contributed by atoms with Crippen LogP contribution in [0.5, 0.6) is 5.75 Å². The van der Waals surface area contributed by atoms with Gasteiger partial charge < -0.3 is 4.74 Å². The minimum atomic E-state index is 0.534. The Hall–Kier alpha value is -2.68. The number of nitriles is 1. The summed E-state index contributed by atoms with van der Waals surface area (Å²) in [5.74, 6) is 0.846. The Kier molecular flexibility index (Phi) is 6.59. The molecule has 3 nitrogen and oxygen atoms in total. The van der Waals surface area contributed by atoms with Crippen molar-refractivity contribution in [3.05, 3.63) is 80.6 Å². The second-order valence-corrected chi connectivity index (χ2v) is 7.35. The fourth-order valence-electron chi connectivity index (χ4n) is 2.43. The first-order chi connectivity index (χ1) is 13.2. The van der Waals surface area contributed by atoms with Gasteiger partial charge in [-0.1, -0.05) is 30.3 Å². The highest BCUT2D eigenvalue weighted by Crippen LogP contribution is 2.27. The topological polar surface area (TPSA) is 45.9 Å². The first-order valence-electron chi connectivity index (χ1n) is 8.42. The van der Waals surface area contributed by atoms with Gasteiger partial charge in [-0.25, -0.2) is 4.98 Å². The number of nitrogens with zero attached hydrogens (tertiary/aromatic N) is 2. The second kappa shape index (κ2) is 9.31. The summed E-state index contributed by atoms with van der Waals surface area (Å²) in [5, 5.41) is 12.3. The molecule has 0 aliphatic carbocycles. The van der Waals surface area contributed by atoms with Crippen molar-refractivity contribution in [1.82, 2.24) is 4.98 Å². The molecule has 0 atom stereocenters. The van der Waals surface area contributed by atoms with Crippen LogP contribution >= 0.6 is 27.3 Å². The van der Waals surface area contributed by atoms with Gasteiger partial charge in [0.25, 0.3) is 0 Å². The van der Waals surface area contributed by atoms with Gasteiger partial charge in [0.15, 0.2) is 0 Å². The number of thiazole rings is 1. The summed E-state index contributed by atoms with van der Waals surface area (Å²) in [6, 6.07) is 20.0. The average molecular weight is 437 g/mol. The molecule has 0 spiro atoms. The molecule has 0 bridgehead atoms. The fraction of sp³-hybridized carbons (Fsp3) is 0.0909. The van der Waals surface area contributed by atoms with Crippen LogP contribution in [0.2, 0.25) is 0 Å². The van der Waals surface area contributed by atoms with E-state index in [1.165, 1.54) is 11.3 Å². The van der Waals surface area contributed by atoms with Crippen LogP contribution in [0.4, 0.5) is 0 Å². The zero-order valence-corrected chi connectivity index (χ0v) is 17.1. The molecule has 1 aromatic heterocycles. The lowest BCUT2D eigenvalue weighted by atomic mass is 10.1. The maximum Gasteiger partial charge on any atom is 0.119 e. The van der Waals surface area contributed by atoms with E-state index in [4.69, 9.17) is 4.74 Å². The Morgan fingerprint density at radius 1 is 1.15 bits per heavy atom. The third kappa shape index (κ3) is 5.16. The number of hydrogen-bond acceptors (Lipinski definition) is 4. The highest BCUT2D eigenvalue weighted by atomic mass is 79.9. The molecule has 3 rings (SSSR count). The van der Waals surface area contributed by atoms with Gasteiger partial charge in [-0.2, -0.15) is 5.26 Å². The smallest absolute Gasteiger partial charge is 0.119 e. The van der Waals surface area contributed by atoms with Crippen LogP contribution in [0, 0.1) is 11.3 Å². The largest absolute Gasteiger partial charge is 0.494 e. The molecule has 0 fully saturated rings. The van der Waals surface area contributed by atoms with Gasteiger partial charge in [-0.05, 0) is 64.8 Å². The average Bonchev–Trinajstić information content (AvgIpc) is 3.16. The molecule has 0 unspecified atom stereocenters. The fourth-order valence-corrected chi connectivity index (χ4v) is 3.65. The van der Waals surface area contributed by atoms with Crippen LogP contribution < -0.4 is 4.74 Å². The summed E-state index contributed by atoms with van der Waals surface area (Å²) >= 11 is 5.01. The summed E-state index contributed by atoms with van der Waals surface area (Å²) in [5.41, 5.74) is 3.47. The Labute approximate surface area is 171 Å². The predicted molar refractivity (Wildman–Crippen MR) is 116 cm³/mol. The summed E-state index contributed by atoms with van der Waals surface area (Å²) in [6.07, 6.45) is 3.72. The lowest BCUT2D eigenvalue weighted by Gasteiger charge is -2.03. The molecule has 0 saturated heterocycles. The standard InChI is InChI=1S/C22H17BrN2OS/c1-2-26-19-10-8-17(9-11-19)21-15-27-22(25-21)13-18(14-24)20(23)12-16-6-4-3-5-7-16/h3-13,15H,2H2,1H3. The van der Waals surface area contributed by atoms with Crippen molar-refractivity contribution in [3.8, 4) is 23.1 Å². The lowest BCUT2D eigenvalue weighted by molar-refractivity contribution is 0.340. The first kappa shape index (κ1) is 19.1. The molecule has 0 aliphatic heterocycles. The maximum absolute atomic E-state index is 9.51. The Bertz CT molecular complexity index is 999. The molecule has 2 aromatic carbocycles. The molecule has 5 heteroatoms.